The fourth-order valence-electron chi connectivity index (χ4n) is 0.814. The molecule has 2 N–H and O–H groups in total. The summed E-state index contributed by atoms with van der Waals surface area (Å²) in [7, 11) is 0. The number of carboxylic acid groups (broad SMARTS) is 1. The van der Waals surface area contributed by atoms with Gasteiger partial charge in [-0.3, -0.25) is 4.79 Å². The highest BCUT2D eigenvalue weighted by Crippen LogP contribution is 1.89. The Morgan fingerprint density at radius 2 is 2.20 bits per heavy atom. The van der Waals surface area contributed by atoms with E-state index in [0.717, 1.165) is 12.8 Å². The summed E-state index contributed by atoms with van der Waals surface area (Å²) in [6.07, 6.45) is 1.78. The van der Waals surface area contributed by atoms with Gasteiger partial charge in [-0.05, 0) is 6.42 Å². The van der Waals surface area contributed by atoms with Crippen molar-refractivity contribution in [2.24, 2.45) is 0 Å². The summed E-state index contributed by atoms with van der Waals surface area (Å²) in [5.41, 5.74) is 0. The number of nitrogens with one attached hydrogen (secondary N) is 1. The highest BCUT2D eigenvalue weighted by atomic mass is 19.1. The van der Waals surface area contributed by atoms with Gasteiger partial charge in [0.1, 0.15) is 13.3 Å². The van der Waals surface area contributed by atoms with Crippen LogP contribution in [-0.2, 0) is 14.3 Å². The molecule has 0 spiro atoms. The molecule has 0 saturated carbocycles. The minimum atomic E-state index is -1.48. The fourth-order valence-corrected chi connectivity index (χ4v) is 0.814. The molecular weight excluding hydrogens is 205 g/mol. The van der Waals surface area contributed by atoms with Crippen molar-refractivity contribution in [1.29, 1.82) is 0 Å². The van der Waals surface area contributed by atoms with Crippen molar-refractivity contribution in [2.45, 2.75) is 25.8 Å². The van der Waals surface area contributed by atoms with Crippen LogP contribution < -0.4 is 5.32 Å². The van der Waals surface area contributed by atoms with Crippen LogP contribution in [0.2, 0.25) is 0 Å². The molecular formula is C9H16FNO4. The Morgan fingerprint density at radius 1 is 1.53 bits per heavy atom. The highest BCUT2D eigenvalue weighted by Gasteiger charge is 2.19. The molecule has 1 amide bonds. The van der Waals surface area contributed by atoms with Crippen molar-refractivity contribution in [3.05, 3.63) is 0 Å². The average Bonchev–Trinajstić information content (AvgIpc) is 2.20. The number of hydrogen-bond donors (Lipinski definition) is 2. The van der Waals surface area contributed by atoms with Crippen LogP contribution >= 0.6 is 0 Å². The summed E-state index contributed by atoms with van der Waals surface area (Å²) in [6.45, 7) is 1.06. The minimum absolute atomic E-state index is 0.232. The molecule has 15 heavy (non-hydrogen) atoms. The summed E-state index contributed by atoms with van der Waals surface area (Å²) in [5, 5.41) is 10.4. The molecule has 0 bridgehead atoms. The molecule has 0 aromatic heterocycles. The molecule has 0 aromatic rings. The Balaban J connectivity index is 3.67. The largest absolute Gasteiger partial charge is 0.480 e. The van der Waals surface area contributed by atoms with E-state index >= 15 is 0 Å². The van der Waals surface area contributed by atoms with Gasteiger partial charge in [-0.2, -0.15) is 0 Å². The normalized spacial score (nSPS) is 12.1. The lowest BCUT2D eigenvalue weighted by atomic mass is 10.3. The van der Waals surface area contributed by atoms with Gasteiger partial charge in [0.2, 0.25) is 5.91 Å². The molecule has 0 rings (SSSR count). The number of carbonyl (C=O) groups excluding carboxylic acids is 1. The van der Waals surface area contributed by atoms with Gasteiger partial charge in [-0.25, -0.2) is 9.18 Å². The third kappa shape index (κ3) is 6.84. The minimum Gasteiger partial charge on any atom is -0.480 e. The van der Waals surface area contributed by atoms with Crippen LogP contribution in [-0.4, -0.2) is 42.9 Å². The standard InChI is InChI=1S/C9H16FNO4/c1-2-3-4-15-6-8(12)11-7(5-10)9(13)14/h7H,2-6H2,1H3,(H,11,12)(H,13,14). The zero-order valence-corrected chi connectivity index (χ0v) is 8.66. The molecule has 0 aromatic carbocycles. The molecule has 0 saturated heterocycles. The number of rotatable bonds is 8. The first kappa shape index (κ1) is 13.8. The maximum atomic E-state index is 12.1. The van der Waals surface area contributed by atoms with Crippen LogP contribution in [0.3, 0.4) is 0 Å². The SMILES string of the molecule is CCCCOCC(=O)NC(CF)C(=O)O. The molecule has 0 fully saturated rings. The van der Waals surface area contributed by atoms with E-state index in [2.05, 4.69) is 0 Å². The van der Waals surface area contributed by atoms with Gasteiger partial charge in [0, 0.05) is 6.61 Å². The van der Waals surface area contributed by atoms with Gasteiger partial charge in [0.15, 0.2) is 6.04 Å². The quantitative estimate of drug-likeness (QED) is 0.579. The molecule has 0 aliphatic heterocycles. The third-order valence-electron chi connectivity index (χ3n) is 1.66. The van der Waals surface area contributed by atoms with Crippen LogP contribution in [0.1, 0.15) is 19.8 Å². The number of hydrogen-bond acceptors (Lipinski definition) is 3. The lowest BCUT2D eigenvalue weighted by molar-refractivity contribution is -0.143. The first-order valence-corrected chi connectivity index (χ1v) is 4.77. The smallest absolute Gasteiger partial charge is 0.328 e. The predicted molar refractivity (Wildman–Crippen MR) is 51.3 cm³/mol. The van der Waals surface area contributed by atoms with E-state index in [-0.39, 0.29) is 6.61 Å². The Kier molecular flexibility index (Phi) is 7.53. The number of amides is 1. The van der Waals surface area contributed by atoms with Crippen molar-refractivity contribution in [3.63, 3.8) is 0 Å². The summed E-state index contributed by atoms with van der Waals surface area (Å²) >= 11 is 0. The van der Waals surface area contributed by atoms with Gasteiger partial charge in [-0.1, -0.05) is 13.3 Å². The van der Waals surface area contributed by atoms with Crippen LogP contribution in [0.15, 0.2) is 0 Å². The van der Waals surface area contributed by atoms with Gasteiger partial charge >= 0.3 is 5.97 Å². The first-order chi connectivity index (χ1) is 7.11. The monoisotopic (exact) mass is 221 g/mol. The molecule has 0 aliphatic rings. The number of halogens is 1. The molecule has 0 heterocycles. The van der Waals surface area contributed by atoms with E-state index < -0.39 is 24.6 Å². The van der Waals surface area contributed by atoms with E-state index in [9.17, 15) is 14.0 Å². The number of unbranched alkanes of at least 4 members (excludes halogenated alkanes) is 1. The van der Waals surface area contributed by atoms with Crippen molar-refractivity contribution >= 4 is 11.9 Å². The van der Waals surface area contributed by atoms with Gasteiger partial charge in [0.05, 0.1) is 0 Å². The van der Waals surface area contributed by atoms with Crippen LogP contribution in [0.25, 0.3) is 0 Å². The van der Waals surface area contributed by atoms with Crippen LogP contribution in [0.4, 0.5) is 4.39 Å². The van der Waals surface area contributed by atoms with E-state index in [1.807, 2.05) is 12.2 Å². The van der Waals surface area contributed by atoms with E-state index in [0.29, 0.717) is 6.61 Å². The summed E-state index contributed by atoms with van der Waals surface area (Å²) in [5.74, 6) is -2.00. The predicted octanol–water partition coefficient (Wildman–Crippen LogP) is 0.342. The second-order valence-electron chi connectivity index (χ2n) is 3.02. The van der Waals surface area contributed by atoms with E-state index in [4.69, 9.17) is 9.84 Å². The Labute approximate surface area is 87.6 Å². The Morgan fingerprint density at radius 3 is 2.67 bits per heavy atom. The van der Waals surface area contributed by atoms with Gasteiger partial charge in [-0.15, -0.1) is 0 Å². The second-order valence-corrected chi connectivity index (χ2v) is 3.02. The van der Waals surface area contributed by atoms with Crippen molar-refractivity contribution in [1.82, 2.24) is 5.32 Å². The maximum absolute atomic E-state index is 12.1. The topological polar surface area (TPSA) is 75.6 Å². The number of carbonyl (C=O) groups is 2. The third-order valence-corrected chi connectivity index (χ3v) is 1.66. The Bertz CT molecular complexity index is 210. The molecule has 0 radical (unpaired) electrons. The number of aliphatic carboxylic acids is 1. The molecule has 0 aliphatic carbocycles. The summed E-state index contributed by atoms with van der Waals surface area (Å²) in [6, 6.07) is -1.48. The van der Waals surface area contributed by atoms with Gasteiger partial charge < -0.3 is 15.2 Å². The van der Waals surface area contributed by atoms with Crippen molar-refractivity contribution < 1.29 is 23.8 Å². The number of alkyl halides is 1. The zero-order chi connectivity index (χ0) is 11.7. The molecule has 5 nitrogen and oxygen atoms in total. The molecule has 1 atom stereocenters. The number of ether oxygens (including phenoxy) is 1. The maximum Gasteiger partial charge on any atom is 0.328 e. The lowest BCUT2D eigenvalue weighted by Gasteiger charge is -2.10. The van der Waals surface area contributed by atoms with E-state index in [1.165, 1.54) is 0 Å². The Hall–Kier alpha value is -1.17. The highest BCUT2D eigenvalue weighted by molar-refractivity contribution is 5.84. The molecule has 1 unspecified atom stereocenters. The molecule has 88 valence electrons. The zero-order valence-electron chi connectivity index (χ0n) is 8.66. The second kappa shape index (κ2) is 8.16. The van der Waals surface area contributed by atoms with Gasteiger partial charge in [0.25, 0.3) is 0 Å². The summed E-state index contributed by atoms with van der Waals surface area (Å²) < 4.78 is 17.0. The summed E-state index contributed by atoms with van der Waals surface area (Å²) in [4.78, 5) is 21.4. The van der Waals surface area contributed by atoms with E-state index in [1.54, 1.807) is 0 Å². The van der Waals surface area contributed by atoms with Crippen molar-refractivity contribution in [3.8, 4) is 0 Å². The van der Waals surface area contributed by atoms with Crippen LogP contribution in [0.5, 0.6) is 0 Å². The fraction of sp³-hybridized carbons (Fsp3) is 0.778. The number of carboxylic acids is 1. The lowest BCUT2D eigenvalue weighted by Crippen LogP contribution is -2.43. The van der Waals surface area contributed by atoms with Crippen LogP contribution in [0, 0.1) is 0 Å². The van der Waals surface area contributed by atoms with Crippen molar-refractivity contribution in [2.75, 3.05) is 19.9 Å². The first-order valence-electron chi connectivity index (χ1n) is 4.77. The average molecular weight is 221 g/mol. The molecule has 6 heteroatoms.